The van der Waals surface area contributed by atoms with Crippen LogP contribution < -0.4 is 5.32 Å². The van der Waals surface area contributed by atoms with Crippen LogP contribution in [-0.4, -0.2) is 35.6 Å². The summed E-state index contributed by atoms with van der Waals surface area (Å²) in [6.07, 6.45) is 0.394. The van der Waals surface area contributed by atoms with Crippen LogP contribution in [0, 0.1) is 5.82 Å². The molecule has 7 heteroatoms. The van der Waals surface area contributed by atoms with Crippen molar-refractivity contribution in [2.24, 2.45) is 0 Å². The Morgan fingerprint density at radius 2 is 1.58 bits per heavy atom. The smallest absolute Gasteiger partial charge is 0.242 e. The van der Waals surface area contributed by atoms with Crippen molar-refractivity contribution in [3.05, 3.63) is 106 Å². The third kappa shape index (κ3) is 7.72. The lowest BCUT2D eigenvalue weighted by Gasteiger charge is -2.31. The zero-order valence-corrected chi connectivity index (χ0v) is 20.7. The average molecular weight is 529 g/mol. The van der Waals surface area contributed by atoms with E-state index in [0.29, 0.717) is 12.2 Å². The number of rotatable bonds is 10. The van der Waals surface area contributed by atoms with E-state index >= 15 is 0 Å². The van der Waals surface area contributed by atoms with Gasteiger partial charge >= 0.3 is 0 Å². The van der Waals surface area contributed by atoms with E-state index < -0.39 is 6.04 Å². The zero-order chi connectivity index (χ0) is 23.6. The number of nitrogens with one attached hydrogen (secondary N) is 1. The molecule has 1 unspecified atom stereocenters. The summed E-state index contributed by atoms with van der Waals surface area (Å²) in [5.41, 5.74) is 2.85. The van der Waals surface area contributed by atoms with Gasteiger partial charge in [-0.15, -0.1) is 11.8 Å². The third-order valence-electron chi connectivity index (χ3n) is 5.19. The van der Waals surface area contributed by atoms with Crippen molar-refractivity contribution in [2.75, 3.05) is 12.8 Å². The van der Waals surface area contributed by atoms with Gasteiger partial charge in [-0.2, -0.15) is 0 Å². The summed E-state index contributed by atoms with van der Waals surface area (Å²) < 4.78 is 14.4. The monoisotopic (exact) mass is 528 g/mol. The predicted molar refractivity (Wildman–Crippen MR) is 135 cm³/mol. The molecule has 2 amide bonds. The molecule has 33 heavy (non-hydrogen) atoms. The van der Waals surface area contributed by atoms with Gasteiger partial charge in [0.25, 0.3) is 0 Å². The maximum absolute atomic E-state index is 13.4. The molecule has 0 saturated carbocycles. The van der Waals surface area contributed by atoms with Crippen LogP contribution in [0.25, 0.3) is 0 Å². The molecule has 0 fully saturated rings. The molecule has 0 aromatic heterocycles. The van der Waals surface area contributed by atoms with Crippen molar-refractivity contribution in [3.63, 3.8) is 0 Å². The molecule has 3 aromatic carbocycles. The van der Waals surface area contributed by atoms with Crippen LogP contribution >= 0.6 is 27.7 Å². The second-order valence-electron chi connectivity index (χ2n) is 7.59. The molecular weight excluding hydrogens is 503 g/mol. The molecule has 0 bridgehead atoms. The Hall–Kier alpha value is -2.64. The highest BCUT2D eigenvalue weighted by molar-refractivity contribution is 9.10. The Morgan fingerprint density at radius 3 is 2.21 bits per heavy atom. The minimum Gasteiger partial charge on any atom is -0.357 e. The highest BCUT2D eigenvalue weighted by atomic mass is 79.9. The summed E-state index contributed by atoms with van der Waals surface area (Å²) in [4.78, 5) is 27.8. The Morgan fingerprint density at radius 1 is 0.939 bits per heavy atom. The number of hydrogen-bond acceptors (Lipinski definition) is 3. The van der Waals surface area contributed by atoms with E-state index in [-0.39, 0.29) is 29.9 Å². The van der Waals surface area contributed by atoms with E-state index in [2.05, 4.69) is 21.2 Å². The van der Waals surface area contributed by atoms with Crippen LogP contribution in [0.1, 0.15) is 16.7 Å². The van der Waals surface area contributed by atoms with Crippen molar-refractivity contribution in [1.29, 1.82) is 0 Å². The lowest BCUT2D eigenvalue weighted by Crippen LogP contribution is -2.50. The van der Waals surface area contributed by atoms with E-state index in [1.165, 1.54) is 23.9 Å². The van der Waals surface area contributed by atoms with Gasteiger partial charge < -0.3 is 10.2 Å². The Bertz CT molecular complexity index is 1050. The number of carbonyl (C=O) groups is 2. The van der Waals surface area contributed by atoms with Crippen LogP contribution in [0.2, 0.25) is 0 Å². The van der Waals surface area contributed by atoms with Gasteiger partial charge in [0.15, 0.2) is 0 Å². The zero-order valence-electron chi connectivity index (χ0n) is 18.3. The third-order valence-corrected chi connectivity index (χ3v) is 6.71. The topological polar surface area (TPSA) is 49.4 Å². The van der Waals surface area contributed by atoms with Gasteiger partial charge in [0.2, 0.25) is 11.8 Å². The Kier molecular flexibility index (Phi) is 9.51. The van der Waals surface area contributed by atoms with Crippen molar-refractivity contribution >= 4 is 39.5 Å². The molecule has 0 aliphatic carbocycles. The first kappa shape index (κ1) is 25.0. The van der Waals surface area contributed by atoms with E-state index in [1.807, 2.05) is 54.6 Å². The summed E-state index contributed by atoms with van der Waals surface area (Å²) in [6, 6.07) is 23.0. The van der Waals surface area contributed by atoms with Crippen LogP contribution in [0.4, 0.5) is 4.39 Å². The number of carbonyl (C=O) groups excluding carboxylic acids is 2. The number of hydrogen-bond donors (Lipinski definition) is 1. The quantitative estimate of drug-likeness (QED) is 0.393. The summed E-state index contributed by atoms with van der Waals surface area (Å²) in [7, 11) is 1.57. The van der Waals surface area contributed by atoms with Gasteiger partial charge in [0.05, 0.1) is 5.75 Å². The van der Waals surface area contributed by atoms with E-state index in [4.69, 9.17) is 0 Å². The lowest BCUT2D eigenvalue weighted by atomic mass is 10.0. The van der Waals surface area contributed by atoms with Gasteiger partial charge in [-0.25, -0.2) is 4.39 Å². The lowest BCUT2D eigenvalue weighted by molar-refractivity contribution is -0.139. The van der Waals surface area contributed by atoms with Crippen LogP contribution in [0.15, 0.2) is 83.3 Å². The number of nitrogens with zero attached hydrogens (tertiary/aromatic N) is 1. The molecule has 0 saturated heterocycles. The fraction of sp³-hybridized carbons (Fsp3) is 0.231. The molecule has 172 valence electrons. The van der Waals surface area contributed by atoms with Crippen LogP contribution in [-0.2, 0) is 28.3 Å². The molecule has 0 aliphatic rings. The summed E-state index contributed by atoms with van der Waals surface area (Å²) in [5, 5.41) is 2.70. The molecule has 3 rings (SSSR count). The maximum atomic E-state index is 13.4. The maximum Gasteiger partial charge on any atom is 0.242 e. The van der Waals surface area contributed by atoms with E-state index in [9.17, 15) is 14.0 Å². The van der Waals surface area contributed by atoms with Gasteiger partial charge in [0.1, 0.15) is 11.9 Å². The first-order valence-corrected chi connectivity index (χ1v) is 12.5. The van der Waals surface area contributed by atoms with Crippen molar-refractivity contribution < 1.29 is 14.0 Å². The molecule has 0 heterocycles. The van der Waals surface area contributed by atoms with Gasteiger partial charge in [-0.3, -0.25) is 9.59 Å². The van der Waals surface area contributed by atoms with E-state index in [1.54, 1.807) is 24.1 Å². The second-order valence-corrected chi connectivity index (χ2v) is 9.49. The molecule has 0 aliphatic heterocycles. The molecule has 1 atom stereocenters. The number of likely N-dealkylation sites (N-methyl/N-ethyl adjacent to an activating group) is 1. The molecule has 0 spiro atoms. The predicted octanol–water partition coefficient (Wildman–Crippen LogP) is 5.21. The average Bonchev–Trinajstić information content (AvgIpc) is 2.83. The molecule has 4 nitrogen and oxygen atoms in total. The number of amides is 2. The van der Waals surface area contributed by atoms with Gasteiger partial charge in [-0.05, 0) is 41.0 Å². The molecule has 3 aromatic rings. The fourth-order valence-corrected chi connectivity index (χ4v) is 4.56. The first-order chi connectivity index (χ1) is 16.0. The minimum atomic E-state index is -0.678. The second kappa shape index (κ2) is 12.6. The first-order valence-electron chi connectivity index (χ1n) is 10.6. The number of benzene rings is 3. The minimum absolute atomic E-state index is 0.133. The molecular formula is C26H26BrFN2O2S. The fourth-order valence-electron chi connectivity index (χ4n) is 3.43. The Labute approximate surface area is 206 Å². The normalized spacial score (nSPS) is 11.6. The van der Waals surface area contributed by atoms with Gasteiger partial charge in [-0.1, -0.05) is 70.5 Å². The number of thioether (sulfide) groups is 1. The highest BCUT2D eigenvalue weighted by Crippen LogP contribution is 2.19. The molecule has 0 radical (unpaired) electrons. The highest BCUT2D eigenvalue weighted by Gasteiger charge is 2.29. The van der Waals surface area contributed by atoms with E-state index in [0.717, 1.165) is 21.2 Å². The van der Waals surface area contributed by atoms with Crippen LogP contribution in [0.3, 0.4) is 0 Å². The summed E-state index contributed by atoms with van der Waals surface area (Å²) in [6.45, 7) is 0.225. The Balaban J connectivity index is 1.79. The van der Waals surface area contributed by atoms with Crippen molar-refractivity contribution in [3.8, 4) is 0 Å². The van der Waals surface area contributed by atoms with Gasteiger partial charge in [0, 0.05) is 30.2 Å². The summed E-state index contributed by atoms with van der Waals surface area (Å²) in [5.74, 6) is 0.221. The molecule has 1 N–H and O–H groups in total. The number of halogens is 2. The SMILES string of the molecule is CNC(=O)C(Cc1ccccc1)N(Cc1ccc(F)cc1)C(=O)CSCc1ccc(Br)cc1. The van der Waals surface area contributed by atoms with Crippen molar-refractivity contribution in [2.45, 2.75) is 24.8 Å². The largest absolute Gasteiger partial charge is 0.357 e. The summed E-state index contributed by atoms with van der Waals surface area (Å²) >= 11 is 4.93. The standard InChI is InChI=1S/C26H26BrFN2O2S/c1-29-26(32)24(15-19-5-3-2-4-6-19)30(16-20-9-13-23(28)14-10-20)25(31)18-33-17-21-7-11-22(27)12-8-21/h2-14,24H,15-18H2,1H3,(H,29,32). The van der Waals surface area contributed by atoms with Crippen LogP contribution in [0.5, 0.6) is 0 Å². The van der Waals surface area contributed by atoms with Crippen molar-refractivity contribution in [1.82, 2.24) is 10.2 Å².